The summed E-state index contributed by atoms with van der Waals surface area (Å²) in [5.41, 5.74) is 2.35. The molecule has 0 fully saturated rings. The Kier molecular flexibility index (Phi) is 6.98. The minimum Gasteiger partial charge on any atom is -0.370 e. The molecule has 2 aromatic carbocycles. The first kappa shape index (κ1) is 19.8. The van der Waals surface area contributed by atoms with Crippen LogP contribution in [0, 0.1) is 6.92 Å². The average Bonchev–Trinajstić information content (AvgIpc) is 2.70. The molecule has 5 nitrogen and oxygen atoms in total. The number of aryl methyl sites for hydroxylation is 1. The van der Waals surface area contributed by atoms with E-state index in [1.807, 2.05) is 25.1 Å². The van der Waals surface area contributed by atoms with Crippen molar-refractivity contribution in [3.8, 4) is 0 Å². The number of nitrogens with one attached hydrogen (secondary N) is 1. The fourth-order valence-electron chi connectivity index (χ4n) is 3.07. The third-order valence-electron chi connectivity index (χ3n) is 4.44. The van der Waals surface area contributed by atoms with Gasteiger partial charge in [-0.2, -0.15) is 0 Å². The van der Waals surface area contributed by atoms with E-state index in [2.05, 4.69) is 82.7 Å². The van der Waals surface area contributed by atoms with Crippen molar-refractivity contribution in [2.45, 2.75) is 19.9 Å². The number of rotatable bonds is 9. The van der Waals surface area contributed by atoms with Crippen LogP contribution in [-0.2, 0) is 6.54 Å². The summed E-state index contributed by atoms with van der Waals surface area (Å²) in [6.07, 6.45) is 1.07. The fraction of sp³-hybridized carbons (Fsp3) is 0.304. The first-order valence-electron chi connectivity index (χ1n) is 9.72. The molecule has 0 radical (unpaired) electrons. The zero-order valence-electron chi connectivity index (χ0n) is 17.0. The molecule has 0 amide bonds. The number of hydrogen-bond acceptors (Lipinski definition) is 5. The summed E-state index contributed by atoms with van der Waals surface area (Å²) in [7, 11) is 4.18. The Balaban J connectivity index is 1.84. The number of aromatic nitrogens is 2. The molecule has 0 spiro atoms. The largest absolute Gasteiger partial charge is 0.370 e. The molecule has 28 heavy (non-hydrogen) atoms. The van der Waals surface area contributed by atoms with Crippen LogP contribution in [-0.4, -0.2) is 42.1 Å². The molecule has 146 valence electrons. The average molecular weight is 376 g/mol. The summed E-state index contributed by atoms with van der Waals surface area (Å²) in [6, 6.07) is 22.9. The smallest absolute Gasteiger partial charge is 0.139 e. The van der Waals surface area contributed by atoms with Crippen LogP contribution < -0.4 is 10.2 Å². The van der Waals surface area contributed by atoms with E-state index in [9.17, 15) is 0 Å². The van der Waals surface area contributed by atoms with Crippen LogP contribution >= 0.6 is 0 Å². The van der Waals surface area contributed by atoms with Crippen LogP contribution in [0.2, 0.25) is 0 Å². The number of anilines is 3. The molecule has 0 atom stereocenters. The second-order valence-electron chi connectivity index (χ2n) is 7.15. The van der Waals surface area contributed by atoms with Gasteiger partial charge in [-0.1, -0.05) is 48.5 Å². The summed E-state index contributed by atoms with van der Waals surface area (Å²) < 4.78 is 0. The molecule has 1 heterocycles. The van der Waals surface area contributed by atoms with E-state index in [-0.39, 0.29) is 0 Å². The van der Waals surface area contributed by atoms with Crippen LogP contribution in [0.3, 0.4) is 0 Å². The van der Waals surface area contributed by atoms with Crippen molar-refractivity contribution < 1.29 is 0 Å². The molecule has 1 aromatic heterocycles. The number of benzene rings is 2. The summed E-state index contributed by atoms with van der Waals surface area (Å²) >= 11 is 0. The van der Waals surface area contributed by atoms with Gasteiger partial charge >= 0.3 is 0 Å². The van der Waals surface area contributed by atoms with Gasteiger partial charge in [0, 0.05) is 24.8 Å². The van der Waals surface area contributed by atoms with Crippen molar-refractivity contribution >= 4 is 17.3 Å². The van der Waals surface area contributed by atoms with E-state index < -0.39 is 0 Å². The highest BCUT2D eigenvalue weighted by molar-refractivity contribution is 5.62. The van der Waals surface area contributed by atoms with Gasteiger partial charge in [0.25, 0.3) is 0 Å². The molecule has 5 heteroatoms. The minimum atomic E-state index is 0.751. The summed E-state index contributed by atoms with van der Waals surface area (Å²) in [5, 5.41) is 3.45. The van der Waals surface area contributed by atoms with E-state index in [0.717, 1.165) is 49.2 Å². The highest BCUT2D eigenvalue weighted by Gasteiger charge is 2.13. The fourth-order valence-corrected chi connectivity index (χ4v) is 3.07. The van der Waals surface area contributed by atoms with Gasteiger partial charge in [0.05, 0.1) is 0 Å². The van der Waals surface area contributed by atoms with Gasteiger partial charge in [-0.3, -0.25) is 0 Å². The predicted molar refractivity (Wildman–Crippen MR) is 117 cm³/mol. The number of hydrogen-bond donors (Lipinski definition) is 1. The zero-order valence-corrected chi connectivity index (χ0v) is 17.0. The molecule has 0 bridgehead atoms. The Hall–Kier alpha value is -2.92. The van der Waals surface area contributed by atoms with Crippen molar-refractivity contribution in [2.24, 2.45) is 0 Å². The maximum Gasteiger partial charge on any atom is 0.139 e. The molecule has 1 N–H and O–H groups in total. The maximum atomic E-state index is 4.73. The van der Waals surface area contributed by atoms with Crippen LogP contribution in [0.5, 0.6) is 0 Å². The number of nitrogens with zero attached hydrogens (tertiary/aromatic N) is 4. The van der Waals surface area contributed by atoms with Crippen LogP contribution in [0.1, 0.15) is 17.8 Å². The van der Waals surface area contributed by atoms with E-state index >= 15 is 0 Å². The first-order chi connectivity index (χ1) is 13.6. The van der Waals surface area contributed by atoms with Gasteiger partial charge in [0.15, 0.2) is 0 Å². The minimum absolute atomic E-state index is 0.751. The van der Waals surface area contributed by atoms with Gasteiger partial charge in [-0.25, -0.2) is 9.97 Å². The maximum absolute atomic E-state index is 4.73. The zero-order chi connectivity index (χ0) is 19.8. The topological polar surface area (TPSA) is 44.3 Å². The highest BCUT2D eigenvalue weighted by Crippen LogP contribution is 2.27. The van der Waals surface area contributed by atoms with Crippen LogP contribution in [0.15, 0.2) is 66.7 Å². The molecule has 0 unspecified atom stereocenters. The molecular formula is C23H29N5. The summed E-state index contributed by atoms with van der Waals surface area (Å²) in [6.45, 7) is 4.63. The second kappa shape index (κ2) is 9.85. The molecule has 0 aliphatic rings. The van der Waals surface area contributed by atoms with Crippen molar-refractivity contribution in [3.63, 3.8) is 0 Å². The van der Waals surface area contributed by atoms with Gasteiger partial charge in [0.2, 0.25) is 0 Å². The number of para-hydroxylation sites is 1. The lowest BCUT2D eigenvalue weighted by Gasteiger charge is -2.25. The molecule has 3 rings (SSSR count). The van der Waals surface area contributed by atoms with Gasteiger partial charge < -0.3 is 15.1 Å². The molecule has 0 aliphatic carbocycles. The standard InChI is InChI=1S/C23H29N5/c1-19-25-22(24-15-10-16-27(2)3)17-23(26-19)28(21-13-8-5-9-14-21)18-20-11-6-4-7-12-20/h4-9,11-14,17H,10,15-16,18H2,1-3H3,(H,24,25,26). The third-order valence-corrected chi connectivity index (χ3v) is 4.44. The van der Waals surface area contributed by atoms with E-state index in [1.54, 1.807) is 0 Å². The van der Waals surface area contributed by atoms with Crippen molar-refractivity contribution in [1.82, 2.24) is 14.9 Å². The third kappa shape index (κ3) is 5.79. The Labute approximate surface area is 168 Å². The molecule has 0 saturated heterocycles. The van der Waals surface area contributed by atoms with Crippen molar-refractivity contribution in [2.75, 3.05) is 37.4 Å². The van der Waals surface area contributed by atoms with E-state index in [1.165, 1.54) is 5.56 Å². The van der Waals surface area contributed by atoms with Gasteiger partial charge in [0.1, 0.15) is 17.5 Å². The molecule has 0 saturated carbocycles. The molecule has 0 aliphatic heterocycles. The summed E-state index contributed by atoms with van der Waals surface area (Å²) in [5.74, 6) is 2.54. The first-order valence-corrected chi connectivity index (χ1v) is 9.72. The monoisotopic (exact) mass is 375 g/mol. The lowest BCUT2D eigenvalue weighted by molar-refractivity contribution is 0.405. The predicted octanol–water partition coefficient (Wildman–Crippen LogP) is 4.49. The second-order valence-corrected chi connectivity index (χ2v) is 7.15. The molecular weight excluding hydrogens is 346 g/mol. The van der Waals surface area contributed by atoms with Gasteiger partial charge in [-0.05, 0) is 51.7 Å². The summed E-state index contributed by atoms with van der Waals surface area (Å²) in [4.78, 5) is 13.7. The normalized spacial score (nSPS) is 10.9. The van der Waals surface area contributed by atoms with Crippen molar-refractivity contribution in [3.05, 3.63) is 78.1 Å². The highest BCUT2D eigenvalue weighted by atomic mass is 15.2. The molecule has 3 aromatic rings. The Bertz CT molecular complexity index is 849. The van der Waals surface area contributed by atoms with Crippen molar-refractivity contribution in [1.29, 1.82) is 0 Å². The van der Waals surface area contributed by atoms with E-state index in [0.29, 0.717) is 0 Å². The van der Waals surface area contributed by atoms with Crippen LogP contribution in [0.4, 0.5) is 17.3 Å². The Morgan fingerprint density at radius 1 is 0.893 bits per heavy atom. The van der Waals surface area contributed by atoms with Gasteiger partial charge in [-0.15, -0.1) is 0 Å². The lowest BCUT2D eigenvalue weighted by Crippen LogP contribution is -2.19. The quantitative estimate of drug-likeness (QED) is 0.558. The lowest BCUT2D eigenvalue weighted by atomic mass is 10.2. The van der Waals surface area contributed by atoms with E-state index in [4.69, 9.17) is 4.98 Å². The van der Waals surface area contributed by atoms with Crippen LogP contribution in [0.25, 0.3) is 0 Å². The Morgan fingerprint density at radius 2 is 1.57 bits per heavy atom. The Morgan fingerprint density at radius 3 is 2.25 bits per heavy atom. The SMILES string of the molecule is Cc1nc(NCCCN(C)C)cc(N(Cc2ccccc2)c2ccccc2)n1.